The maximum absolute atomic E-state index is 5.05. The van der Waals surface area contributed by atoms with E-state index >= 15 is 0 Å². The van der Waals surface area contributed by atoms with Gasteiger partial charge in [-0.3, -0.25) is 4.99 Å². The van der Waals surface area contributed by atoms with Crippen molar-refractivity contribution >= 4 is 18.1 Å². The van der Waals surface area contributed by atoms with Gasteiger partial charge in [0.1, 0.15) is 5.75 Å². The number of hydrogen-bond acceptors (Lipinski definition) is 3. The molecule has 1 aromatic carbocycles. The number of nitrogens with one attached hydrogen (secondary N) is 1. The third-order valence-corrected chi connectivity index (χ3v) is 1.64. The first-order chi connectivity index (χ1) is 5.81. The van der Waals surface area contributed by atoms with Gasteiger partial charge in [0, 0.05) is 13.1 Å². The van der Waals surface area contributed by atoms with E-state index in [4.69, 9.17) is 4.74 Å². The Labute approximate surface area is 72.1 Å². The van der Waals surface area contributed by atoms with Crippen molar-refractivity contribution in [2.45, 2.75) is 0 Å². The van der Waals surface area contributed by atoms with E-state index in [2.05, 4.69) is 17.0 Å². The maximum atomic E-state index is 5.05. The predicted molar refractivity (Wildman–Crippen MR) is 51.7 cm³/mol. The monoisotopic (exact) mass is 164 g/mol. The molecule has 0 radical (unpaired) electrons. The Hall–Kier alpha value is -1.51. The molecule has 0 unspecified atom stereocenters. The van der Waals surface area contributed by atoms with E-state index in [-0.39, 0.29) is 0 Å². The Morgan fingerprint density at radius 2 is 2.25 bits per heavy atom. The second kappa shape index (κ2) is 3.76. The van der Waals surface area contributed by atoms with E-state index in [9.17, 15) is 0 Å². The summed E-state index contributed by atoms with van der Waals surface area (Å²) in [5.74, 6) is 0.812. The lowest BCUT2D eigenvalue weighted by atomic mass is 10.2. The topological polar surface area (TPSA) is 33.6 Å². The van der Waals surface area contributed by atoms with Crippen LogP contribution in [0.2, 0.25) is 0 Å². The Morgan fingerprint density at radius 1 is 1.50 bits per heavy atom. The van der Waals surface area contributed by atoms with Gasteiger partial charge in [-0.25, -0.2) is 0 Å². The summed E-state index contributed by atoms with van der Waals surface area (Å²) in [5.41, 5.74) is 1.75. The number of aliphatic imine (C=N–C) groups is 1. The first-order valence-corrected chi connectivity index (χ1v) is 3.64. The van der Waals surface area contributed by atoms with E-state index < -0.39 is 0 Å². The van der Waals surface area contributed by atoms with Crippen molar-refractivity contribution < 1.29 is 4.74 Å². The molecule has 64 valence electrons. The van der Waals surface area contributed by atoms with Crippen LogP contribution in [-0.4, -0.2) is 20.9 Å². The lowest BCUT2D eigenvalue weighted by molar-refractivity contribution is 0.415. The highest BCUT2D eigenvalue weighted by atomic mass is 16.5. The van der Waals surface area contributed by atoms with Crippen LogP contribution in [0.15, 0.2) is 23.2 Å². The van der Waals surface area contributed by atoms with E-state index in [1.807, 2.05) is 25.2 Å². The highest BCUT2D eigenvalue weighted by Crippen LogP contribution is 2.28. The van der Waals surface area contributed by atoms with Gasteiger partial charge in [-0.15, -0.1) is 0 Å². The normalized spacial score (nSPS) is 9.17. The highest BCUT2D eigenvalue weighted by molar-refractivity contribution is 5.69. The van der Waals surface area contributed by atoms with E-state index in [0.717, 1.165) is 17.1 Å². The zero-order valence-electron chi connectivity index (χ0n) is 7.29. The molecule has 0 heterocycles. The first kappa shape index (κ1) is 8.59. The number of methoxy groups -OCH3 is 1. The van der Waals surface area contributed by atoms with Gasteiger partial charge in [0.15, 0.2) is 0 Å². The van der Waals surface area contributed by atoms with Crippen LogP contribution in [0.4, 0.5) is 11.4 Å². The molecule has 0 spiro atoms. The van der Waals surface area contributed by atoms with Gasteiger partial charge in [-0.05, 0) is 18.9 Å². The average molecular weight is 164 g/mol. The molecule has 0 aromatic heterocycles. The van der Waals surface area contributed by atoms with Crippen LogP contribution in [-0.2, 0) is 0 Å². The molecule has 3 nitrogen and oxygen atoms in total. The maximum Gasteiger partial charge on any atom is 0.121 e. The summed E-state index contributed by atoms with van der Waals surface area (Å²) in [6.45, 7) is 3.46. The van der Waals surface area contributed by atoms with Crippen molar-refractivity contribution in [3.63, 3.8) is 0 Å². The quantitative estimate of drug-likeness (QED) is 0.694. The molecule has 1 N–H and O–H groups in total. The van der Waals surface area contributed by atoms with Crippen LogP contribution >= 0.6 is 0 Å². The Balaban J connectivity index is 3.10. The largest absolute Gasteiger partial charge is 0.497 e. The minimum absolute atomic E-state index is 0.812. The molecule has 0 aliphatic rings. The zero-order valence-corrected chi connectivity index (χ0v) is 7.29. The SMILES string of the molecule is C=Nc1ccc(OC)cc1NC. The predicted octanol–water partition coefficient (Wildman–Crippen LogP) is 2.07. The lowest BCUT2D eigenvalue weighted by Crippen LogP contribution is -1.90. The lowest BCUT2D eigenvalue weighted by Gasteiger charge is -2.06. The molecule has 1 aromatic rings. The summed E-state index contributed by atoms with van der Waals surface area (Å²) >= 11 is 0. The minimum atomic E-state index is 0.812. The molecule has 0 amide bonds. The fourth-order valence-electron chi connectivity index (χ4n) is 0.980. The zero-order chi connectivity index (χ0) is 8.97. The molecule has 0 saturated heterocycles. The van der Waals surface area contributed by atoms with Gasteiger partial charge in [-0.2, -0.15) is 0 Å². The summed E-state index contributed by atoms with van der Waals surface area (Å²) in [6.07, 6.45) is 0. The molecule has 1 rings (SSSR count). The minimum Gasteiger partial charge on any atom is -0.497 e. The number of hydrogen-bond donors (Lipinski definition) is 1. The van der Waals surface area contributed by atoms with Crippen LogP contribution < -0.4 is 10.1 Å². The molecular formula is C9H12N2O. The summed E-state index contributed by atoms with van der Waals surface area (Å²) < 4.78 is 5.05. The van der Waals surface area contributed by atoms with Crippen LogP contribution in [0.5, 0.6) is 5.75 Å². The van der Waals surface area contributed by atoms with Crippen molar-refractivity contribution in [3.05, 3.63) is 18.2 Å². The summed E-state index contributed by atoms with van der Waals surface area (Å²) in [4.78, 5) is 3.85. The number of benzene rings is 1. The Morgan fingerprint density at radius 3 is 2.75 bits per heavy atom. The van der Waals surface area contributed by atoms with Crippen LogP contribution in [0.25, 0.3) is 0 Å². The first-order valence-electron chi connectivity index (χ1n) is 3.64. The van der Waals surface area contributed by atoms with Crippen molar-refractivity contribution in [3.8, 4) is 5.75 Å². The number of nitrogens with zero attached hydrogens (tertiary/aromatic N) is 1. The molecule has 12 heavy (non-hydrogen) atoms. The molecule has 0 fully saturated rings. The van der Waals surface area contributed by atoms with Gasteiger partial charge in [0.25, 0.3) is 0 Å². The van der Waals surface area contributed by atoms with Gasteiger partial charge in [0.2, 0.25) is 0 Å². The van der Waals surface area contributed by atoms with Crippen LogP contribution in [0.3, 0.4) is 0 Å². The molecule has 0 atom stereocenters. The van der Waals surface area contributed by atoms with Crippen molar-refractivity contribution in [1.29, 1.82) is 0 Å². The molecule has 0 aliphatic carbocycles. The standard InChI is InChI=1S/C9H12N2O/c1-10-8-5-4-7(12-3)6-9(8)11-2/h4-6,11H,1H2,2-3H3. The Kier molecular flexibility index (Phi) is 2.69. The number of anilines is 1. The van der Waals surface area contributed by atoms with Gasteiger partial charge >= 0.3 is 0 Å². The molecule has 0 bridgehead atoms. The summed E-state index contributed by atoms with van der Waals surface area (Å²) in [5, 5.41) is 3.01. The van der Waals surface area contributed by atoms with Crippen molar-refractivity contribution in [1.82, 2.24) is 0 Å². The molecule has 0 aliphatic heterocycles. The Bertz CT molecular complexity index is 284. The average Bonchev–Trinajstić information content (AvgIpc) is 2.16. The molecule has 3 heteroatoms. The van der Waals surface area contributed by atoms with E-state index in [1.165, 1.54) is 0 Å². The summed E-state index contributed by atoms with van der Waals surface area (Å²) in [6, 6.07) is 5.59. The van der Waals surface area contributed by atoms with Crippen molar-refractivity contribution in [2.75, 3.05) is 19.5 Å². The number of rotatable bonds is 3. The van der Waals surface area contributed by atoms with Crippen LogP contribution in [0, 0.1) is 0 Å². The van der Waals surface area contributed by atoms with Crippen LogP contribution in [0.1, 0.15) is 0 Å². The van der Waals surface area contributed by atoms with E-state index in [1.54, 1.807) is 7.11 Å². The summed E-state index contributed by atoms with van der Waals surface area (Å²) in [7, 11) is 3.47. The van der Waals surface area contributed by atoms with Gasteiger partial charge in [-0.1, -0.05) is 0 Å². The smallest absolute Gasteiger partial charge is 0.121 e. The fourth-order valence-corrected chi connectivity index (χ4v) is 0.980. The second-order valence-corrected chi connectivity index (χ2v) is 2.29. The third-order valence-electron chi connectivity index (χ3n) is 1.64. The molecule has 0 saturated carbocycles. The third kappa shape index (κ3) is 1.56. The van der Waals surface area contributed by atoms with Gasteiger partial charge < -0.3 is 10.1 Å². The van der Waals surface area contributed by atoms with Crippen molar-refractivity contribution in [2.24, 2.45) is 4.99 Å². The fraction of sp³-hybridized carbons (Fsp3) is 0.222. The second-order valence-electron chi connectivity index (χ2n) is 2.29. The van der Waals surface area contributed by atoms with E-state index in [0.29, 0.717) is 0 Å². The number of ether oxygens (including phenoxy) is 1. The highest BCUT2D eigenvalue weighted by Gasteiger charge is 1.99. The molecular weight excluding hydrogens is 152 g/mol. The van der Waals surface area contributed by atoms with Gasteiger partial charge in [0.05, 0.1) is 18.5 Å².